The van der Waals surface area contributed by atoms with Crippen molar-refractivity contribution in [3.63, 3.8) is 0 Å². The van der Waals surface area contributed by atoms with Crippen LogP contribution in [0, 0.1) is 11.8 Å². The molecule has 0 radical (unpaired) electrons. The predicted octanol–water partition coefficient (Wildman–Crippen LogP) is 3.00. The summed E-state index contributed by atoms with van der Waals surface area (Å²) in [5, 5.41) is 5.37. The fourth-order valence-corrected chi connectivity index (χ4v) is 3.43. The second kappa shape index (κ2) is 11.6. The smallest absolute Gasteiger partial charge is 0.308 e. The van der Waals surface area contributed by atoms with Crippen LogP contribution in [0.4, 0.5) is 0 Å². The molecule has 1 aromatic carbocycles. The maximum atomic E-state index is 12.3. The molecule has 0 aliphatic carbocycles. The summed E-state index contributed by atoms with van der Waals surface area (Å²) in [5.41, 5.74) is 0.966. The summed E-state index contributed by atoms with van der Waals surface area (Å²) in [5.74, 6) is 0.137. The van der Waals surface area contributed by atoms with E-state index in [1.54, 1.807) is 0 Å². The van der Waals surface area contributed by atoms with E-state index in [4.69, 9.17) is 4.74 Å². The van der Waals surface area contributed by atoms with Gasteiger partial charge >= 0.3 is 5.97 Å². The average Bonchev–Trinajstić information content (AvgIpc) is 2.66. The standard InChI is InChI=1S/C23H34N2O4/c1-16(2)8-7-9-17(3)12-13-29-21(26)15-20-23(28)24-19(22(27)25-20)14-18-10-5-4-6-11-18/h4-6,10-11,16-17,19-20H,7-9,12-15H2,1-3H3,(H,24,28)(H,25,27). The van der Waals surface area contributed by atoms with Crippen LogP contribution in [0.15, 0.2) is 30.3 Å². The summed E-state index contributed by atoms with van der Waals surface area (Å²) in [6.45, 7) is 6.95. The summed E-state index contributed by atoms with van der Waals surface area (Å²) >= 11 is 0. The third-order valence-corrected chi connectivity index (χ3v) is 5.27. The van der Waals surface area contributed by atoms with E-state index < -0.39 is 18.1 Å². The van der Waals surface area contributed by atoms with E-state index in [9.17, 15) is 14.4 Å². The normalized spacial score (nSPS) is 20.1. The van der Waals surface area contributed by atoms with Crippen molar-refractivity contribution >= 4 is 17.8 Å². The number of hydrogen-bond acceptors (Lipinski definition) is 4. The first-order valence-corrected chi connectivity index (χ1v) is 10.7. The second-order valence-electron chi connectivity index (χ2n) is 8.46. The number of rotatable bonds is 11. The Balaban J connectivity index is 1.69. The molecule has 3 unspecified atom stereocenters. The number of carbonyl (C=O) groups is 3. The van der Waals surface area contributed by atoms with Gasteiger partial charge in [-0.05, 0) is 23.8 Å². The van der Waals surface area contributed by atoms with E-state index in [1.165, 1.54) is 12.8 Å². The minimum Gasteiger partial charge on any atom is -0.466 e. The van der Waals surface area contributed by atoms with E-state index in [2.05, 4.69) is 31.4 Å². The van der Waals surface area contributed by atoms with Gasteiger partial charge in [-0.15, -0.1) is 0 Å². The molecule has 0 saturated carbocycles. The van der Waals surface area contributed by atoms with Gasteiger partial charge in [-0.3, -0.25) is 14.4 Å². The Morgan fingerprint density at radius 1 is 0.966 bits per heavy atom. The fourth-order valence-electron chi connectivity index (χ4n) is 3.43. The summed E-state index contributed by atoms with van der Waals surface area (Å²) < 4.78 is 5.28. The lowest BCUT2D eigenvalue weighted by Gasteiger charge is -2.29. The molecule has 2 rings (SSSR count). The van der Waals surface area contributed by atoms with Crippen molar-refractivity contribution in [2.75, 3.05) is 6.61 Å². The van der Waals surface area contributed by atoms with Crippen molar-refractivity contribution in [3.8, 4) is 0 Å². The largest absolute Gasteiger partial charge is 0.466 e. The molecule has 1 aromatic rings. The van der Waals surface area contributed by atoms with Gasteiger partial charge in [0.15, 0.2) is 0 Å². The van der Waals surface area contributed by atoms with Crippen molar-refractivity contribution < 1.29 is 19.1 Å². The van der Waals surface area contributed by atoms with Gasteiger partial charge in [0.2, 0.25) is 11.8 Å². The zero-order valence-electron chi connectivity index (χ0n) is 17.8. The van der Waals surface area contributed by atoms with Crippen LogP contribution < -0.4 is 10.6 Å². The van der Waals surface area contributed by atoms with Crippen LogP contribution in [0.25, 0.3) is 0 Å². The number of carbonyl (C=O) groups excluding carboxylic acids is 3. The first kappa shape index (κ1) is 22.9. The minimum absolute atomic E-state index is 0.142. The van der Waals surface area contributed by atoms with Gasteiger partial charge in [0, 0.05) is 6.42 Å². The van der Waals surface area contributed by atoms with Gasteiger partial charge in [-0.1, -0.05) is 70.4 Å². The van der Waals surface area contributed by atoms with Gasteiger partial charge in [0.25, 0.3) is 0 Å². The Bertz CT molecular complexity index is 675. The molecule has 29 heavy (non-hydrogen) atoms. The molecule has 1 aliphatic rings. The van der Waals surface area contributed by atoms with Gasteiger partial charge in [-0.2, -0.15) is 0 Å². The van der Waals surface area contributed by atoms with E-state index in [0.717, 1.165) is 18.4 Å². The lowest BCUT2D eigenvalue weighted by atomic mass is 9.98. The molecule has 1 heterocycles. The molecule has 160 valence electrons. The van der Waals surface area contributed by atoms with Crippen molar-refractivity contribution in [1.82, 2.24) is 10.6 Å². The minimum atomic E-state index is -0.870. The first-order chi connectivity index (χ1) is 13.8. The van der Waals surface area contributed by atoms with Gasteiger partial charge in [0.05, 0.1) is 13.0 Å². The molecule has 1 fully saturated rings. The Morgan fingerprint density at radius 3 is 2.31 bits per heavy atom. The molecule has 1 aliphatic heterocycles. The van der Waals surface area contributed by atoms with Crippen LogP contribution in [0.3, 0.4) is 0 Å². The van der Waals surface area contributed by atoms with Crippen LogP contribution in [-0.2, 0) is 25.5 Å². The van der Waals surface area contributed by atoms with Crippen molar-refractivity contribution in [2.24, 2.45) is 11.8 Å². The second-order valence-corrected chi connectivity index (χ2v) is 8.46. The number of amides is 2. The highest BCUT2D eigenvalue weighted by Gasteiger charge is 2.35. The molecule has 1 saturated heterocycles. The molecular formula is C23H34N2O4. The summed E-state index contributed by atoms with van der Waals surface area (Å²) in [7, 11) is 0. The molecule has 0 bridgehead atoms. The molecule has 2 amide bonds. The quantitative estimate of drug-likeness (QED) is 0.557. The Morgan fingerprint density at radius 2 is 1.62 bits per heavy atom. The van der Waals surface area contributed by atoms with Crippen LogP contribution >= 0.6 is 0 Å². The van der Waals surface area contributed by atoms with Crippen LogP contribution in [-0.4, -0.2) is 36.5 Å². The predicted molar refractivity (Wildman–Crippen MR) is 112 cm³/mol. The molecule has 3 atom stereocenters. The average molecular weight is 403 g/mol. The number of nitrogens with one attached hydrogen (secondary N) is 2. The number of esters is 1. The monoisotopic (exact) mass is 402 g/mol. The topological polar surface area (TPSA) is 84.5 Å². The molecule has 0 spiro atoms. The van der Waals surface area contributed by atoms with Gasteiger partial charge < -0.3 is 15.4 Å². The van der Waals surface area contributed by atoms with Gasteiger partial charge in [0.1, 0.15) is 12.1 Å². The zero-order valence-corrected chi connectivity index (χ0v) is 17.8. The van der Waals surface area contributed by atoms with Gasteiger partial charge in [-0.25, -0.2) is 0 Å². The van der Waals surface area contributed by atoms with Crippen molar-refractivity contribution in [1.29, 1.82) is 0 Å². The molecule has 0 aromatic heterocycles. The van der Waals surface area contributed by atoms with Crippen LogP contribution in [0.1, 0.15) is 58.4 Å². The van der Waals surface area contributed by atoms with Crippen LogP contribution in [0.2, 0.25) is 0 Å². The third-order valence-electron chi connectivity index (χ3n) is 5.27. The lowest BCUT2D eigenvalue weighted by Crippen LogP contribution is -2.62. The molecular weight excluding hydrogens is 368 g/mol. The maximum Gasteiger partial charge on any atom is 0.308 e. The van der Waals surface area contributed by atoms with Crippen LogP contribution in [0.5, 0.6) is 0 Å². The highest BCUT2D eigenvalue weighted by atomic mass is 16.5. The number of hydrogen-bond donors (Lipinski definition) is 2. The van der Waals surface area contributed by atoms with Crippen molar-refractivity contribution in [2.45, 2.75) is 71.4 Å². The summed E-state index contributed by atoms with van der Waals surface area (Å²) in [4.78, 5) is 36.7. The Labute approximate surface area is 173 Å². The Kier molecular flexibility index (Phi) is 9.16. The molecule has 6 heteroatoms. The number of benzene rings is 1. The number of piperazine rings is 1. The summed E-state index contributed by atoms with van der Waals surface area (Å²) in [6, 6.07) is 8.01. The highest BCUT2D eigenvalue weighted by molar-refractivity contribution is 5.98. The third kappa shape index (κ3) is 8.26. The van der Waals surface area contributed by atoms with Crippen molar-refractivity contribution in [3.05, 3.63) is 35.9 Å². The van der Waals surface area contributed by atoms with E-state index in [0.29, 0.717) is 24.9 Å². The molecule has 2 N–H and O–H groups in total. The SMILES string of the molecule is CC(C)CCCC(C)CCOC(=O)CC1NC(=O)C(Cc2ccccc2)NC1=O. The number of ether oxygens (including phenoxy) is 1. The summed E-state index contributed by atoms with van der Waals surface area (Å²) in [6.07, 6.45) is 4.62. The highest BCUT2D eigenvalue weighted by Crippen LogP contribution is 2.15. The molecule has 6 nitrogen and oxygen atoms in total. The van der Waals surface area contributed by atoms with E-state index in [1.807, 2.05) is 30.3 Å². The van der Waals surface area contributed by atoms with E-state index in [-0.39, 0.29) is 18.2 Å². The fraction of sp³-hybridized carbons (Fsp3) is 0.609. The maximum absolute atomic E-state index is 12.3. The van der Waals surface area contributed by atoms with E-state index >= 15 is 0 Å². The Hall–Kier alpha value is -2.37. The first-order valence-electron chi connectivity index (χ1n) is 10.7. The zero-order chi connectivity index (χ0) is 21.2. The lowest BCUT2D eigenvalue weighted by molar-refractivity contribution is -0.148.